The van der Waals surface area contributed by atoms with Crippen molar-refractivity contribution in [2.45, 2.75) is 0 Å². The zero-order valence-electron chi connectivity index (χ0n) is 11.2. The normalized spacial score (nSPS) is 10.7. The van der Waals surface area contributed by atoms with Gasteiger partial charge in [-0.2, -0.15) is 0 Å². The van der Waals surface area contributed by atoms with Crippen LogP contribution in [0.3, 0.4) is 0 Å². The molecule has 0 aliphatic heterocycles. The van der Waals surface area contributed by atoms with Gasteiger partial charge in [0.1, 0.15) is 5.76 Å². The lowest BCUT2D eigenvalue weighted by molar-refractivity contribution is 0.350. The number of phenolic OH excluding ortho intramolecular Hbond substituents is 2. The fourth-order valence-electron chi connectivity index (χ4n) is 2.14. The fourth-order valence-corrected chi connectivity index (χ4v) is 2.14. The van der Waals surface area contributed by atoms with Crippen LogP contribution in [0.5, 0.6) is 17.2 Å². The summed E-state index contributed by atoms with van der Waals surface area (Å²) in [6, 6.07) is 11.7. The number of fused-ring (bicyclic) bond motifs is 1. The molecule has 21 heavy (non-hydrogen) atoms. The summed E-state index contributed by atoms with van der Waals surface area (Å²) in [5, 5.41) is 20.0. The zero-order chi connectivity index (χ0) is 15.0. The van der Waals surface area contributed by atoms with E-state index in [9.17, 15) is 15.0 Å². The Morgan fingerprint density at radius 1 is 1.05 bits per heavy atom. The predicted octanol–water partition coefficient (Wildman–Crippen LogP) is 2.88. The lowest BCUT2D eigenvalue weighted by atomic mass is 10.1. The molecule has 0 aliphatic rings. The standard InChI is InChI=1S/C16H12O5/c1-20-13-7-10-11(17)8-12(9-5-3-2-4-6-9)21-16(10)15(19)14(13)18/h2-8,18-19H,1H3. The zero-order valence-corrected chi connectivity index (χ0v) is 11.2. The van der Waals surface area contributed by atoms with E-state index >= 15 is 0 Å². The van der Waals surface area contributed by atoms with Gasteiger partial charge in [-0.1, -0.05) is 30.3 Å². The number of hydrogen-bond acceptors (Lipinski definition) is 5. The van der Waals surface area contributed by atoms with E-state index in [2.05, 4.69) is 0 Å². The summed E-state index contributed by atoms with van der Waals surface area (Å²) in [5.74, 6) is -0.648. The second kappa shape index (κ2) is 4.86. The summed E-state index contributed by atoms with van der Waals surface area (Å²) in [5.41, 5.74) is 0.301. The van der Waals surface area contributed by atoms with Gasteiger partial charge in [0.05, 0.1) is 12.5 Å². The van der Waals surface area contributed by atoms with Crippen molar-refractivity contribution in [3.63, 3.8) is 0 Å². The highest BCUT2D eigenvalue weighted by Gasteiger charge is 2.17. The van der Waals surface area contributed by atoms with Crippen molar-refractivity contribution >= 4 is 11.0 Å². The Morgan fingerprint density at radius 3 is 2.43 bits per heavy atom. The van der Waals surface area contributed by atoms with Gasteiger partial charge in [-0.15, -0.1) is 0 Å². The van der Waals surface area contributed by atoms with Gasteiger partial charge in [-0.3, -0.25) is 4.79 Å². The highest BCUT2D eigenvalue weighted by Crippen LogP contribution is 2.41. The molecule has 3 rings (SSSR count). The molecule has 2 aromatic carbocycles. The van der Waals surface area contributed by atoms with Crippen molar-refractivity contribution in [3.05, 3.63) is 52.7 Å². The lowest BCUT2D eigenvalue weighted by Crippen LogP contribution is -2.01. The molecular weight excluding hydrogens is 272 g/mol. The SMILES string of the molecule is COc1cc2c(=O)cc(-c3ccccc3)oc2c(O)c1O. The molecular formula is C16H12O5. The number of ether oxygens (including phenoxy) is 1. The van der Waals surface area contributed by atoms with Gasteiger partial charge in [-0.05, 0) is 6.07 Å². The molecule has 2 N–H and O–H groups in total. The van der Waals surface area contributed by atoms with Crippen molar-refractivity contribution in [2.75, 3.05) is 7.11 Å². The van der Waals surface area contributed by atoms with Gasteiger partial charge < -0.3 is 19.4 Å². The summed E-state index contributed by atoms with van der Waals surface area (Å²) in [4.78, 5) is 12.2. The van der Waals surface area contributed by atoms with E-state index in [1.807, 2.05) is 18.2 Å². The van der Waals surface area contributed by atoms with Crippen LogP contribution in [-0.2, 0) is 0 Å². The average molecular weight is 284 g/mol. The fraction of sp³-hybridized carbons (Fsp3) is 0.0625. The molecule has 0 saturated carbocycles. The maximum atomic E-state index is 12.2. The molecule has 3 aromatic rings. The minimum Gasteiger partial charge on any atom is -0.502 e. The van der Waals surface area contributed by atoms with Crippen LogP contribution in [0.25, 0.3) is 22.3 Å². The first-order chi connectivity index (χ1) is 10.1. The lowest BCUT2D eigenvalue weighted by Gasteiger charge is -2.09. The molecule has 1 aromatic heterocycles. The molecule has 0 radical (unpaired) electrons. The Morgan fingerprint density at radius 2 is 1.76 bits per heavy atom. The largest absolute Gasteiger partial charge is 0.502 e. The number of hydrogen-bond donors (Lipinski definition) is 2. The molecule has 0 spiro atoms. The molecule has 0 saturated heterocycles. The highest BCUT2D eigenvalue weighted by molar-refractivity contribution is 5.88. The quantitative estimate of drug-likeness (QED) is 0.707. The van der Waals surface area contributed by atoms with E-state index in [1.54, 1.807) is 12.1 Å². The number of aromatic hydroxyl groups is 2. The van der Waals surface area contributed by atoms with Gasteiger partial charge in [0, 0.05) is 11.6 Å². The molecule has 0 aliphatic carbocycles. The molecule has 0 bridgehead atoms. The van der Waals surface area contributed by atoms with Crippen molar-refractivity contribution in [1.29, 1.82) is 0 Å². The van der Waals surface area contributed by atoms with E-state index in [0.29, 0.717) is 11.3 Å². The summed E-state index contributed by atoms with van der Waals surface area (Å²) in [7, 11) is 1.33. The van der Waals surface area contributed by atoms with E-state index in [-0.39, 0.29) is 22.1 Å². The Hall–Kier alpha value is -2.95. The van der Waals surface area contributed by atoms with Gasteiger partial charge in [0.2, 0.25) is 11.5 Å². The molecule has 0 amide bonds. The van der Waals surface area contributed by atoms with Crippen LogP contribution in [0.2, 0.25) is 0 Å². The first-order valence-corrected chi connectivity index (χ1v) is 6.24. The van der Waals surface area contributed by atoms with Crippen LogP contribution >= 0.6 is 0 Å². The molecule has 5 heteroatoms. The topological polar surface area (TPSA) is 79.9 Å². The van der Waals surface area contributed by atoms with Crippen LogP contribution in [0.15, 0.2) is 51.7 Å². The third-order valence-corrected chi connectivity index (χ3v) is 3.21. The minimum atomic E-state index is -0.515. The molecule has 106 valence electrons. The third kappa shape index (κ3) is 2.08. The van der Waals surface area contributed by atoms with Crippen LogP contribution < -0.4 is 10.2 Å². The van der Waals surface area contributed by atoms with Gasteiger partial charge in [0.25, 0.3) is 0 Å². The summed E-state index contributed by atoms with van der Waals surface area (Å²) >= 11 is 0. The monoisotopic (exact) mass is 284 g/mol. The van der Waals surface area contributed by atoms with Crippen LogP contribution in [0.4, 0.5) is 0 Å². The number of benzene rings is 2. The maximum Gasteiger partial charge on any atom is 0.205 e. The summed E-state index contributed by atoms with van der Waals surface area (Å²) in [6.45, 7) is 0. The Balaban J connectivity index is 2.35. The molecule has 0 atom stereocenters. The molecule has 0 fully saturated rings. The molecule has 1 heterocycles. The van der Waals surface area contributed by atoms with E-state index < -0.39 is 11.5 Å². The van der Waals surface area contributed by atoms with Crippen molar-refractivity contribution in [3.8, 4) is 28.6 Å². The van der Waals surface area contributed by atoms with E-state index in [4.69, 9.17) is 9.15 Å². The Kier molecular flexibility index (Phi) is 3.02. The first-order valence-electron chi connectivity index (χ1n) is 6.24. The predicted molar refractivity (Wildman–Crippen MR) is 77.8 cm³/mol. The van der Waals surface area contributed by atoms with E-state index in [1.165, 1.54) is 19.2 Å². The average Bonchev–Trinajstić information content (AvgIpc) is 2.52. The minimum absolute atomic E-state index is 0.0137. The summed E-state index contributed by atoms with van der Waals surface area (Å²) in [6.07, 6.45) is 0. The second-order valence-corrected chi connectivity index (χ2v) is 4.49. The van der Waals surface area contributed by atoms with Crippen molar-refractivity contribution in [1.82, 2.24) is 0 Å². The smallest absolute Gasteiger partial charge is 0.205 e. The van der Waals surface area contributed by atoms with Crippen molar-refractivity contribution < 1.29 is 19.4 Å². The number of phenols is 2. The number of rotatable bonds is 2. The van der Waals surface area contributed by atoms with Gasteiger partial charge >= 0.3 is 0 Å². The third-order valence-electron chi connectivity index (χ3n) is 3.21. The van der Waals surface area contributed by atoms with Crippen LogP contribution in [0, 0.1) is 0 Å². The second-order valence-electron chi connectivity index (χ2n) is 4.49. The maximum absolute atomic E-state index is 12.2. The molecule has 0 unspecified atom stereocenters. The van der Waals surface area contributed by atoms with Gasteiger partial charge in [0.15, 0.2) is 16.8 Å². The van der Waals surface area contributed by atoms with Gasteiger partial charge in [-0.25, -0.2) is 0 Å². The van der Waals surface area contributed by atoms with Crippen molar-refractivity contribution in [2.24, 2.45) is 0 Å². The number of methoxy groups -OCH3 is 1. The highest BCUT2D eigenvalue weighted by atomic mass is 16.5. The Labute approximate surface area is 119 Å². The van der Waals surface area contributed by atoms with E-state index in [0.717, 1.165) is 0 Å². The Bertz CT molecular complexity index is 865. The van der Waals surface area contributed by atoms with Crippen LogP contribution in [-0.4, -0.2) is 17.3 Å². The first kappa shape index (κ1) is 13.1. The summed E-state index contributed by atoms with van der Waals surface area (Å²) < 4.78 is 10.5. The molecule has 5 nitrogen and oxygen atoms in total. The van der Waals surface area contributed by atoms with Crippen LogP contribution in [0.1, 0.15) is 0 Å².